The molecule has 1 aliphatic heterocycles. The fourth-order valence-corrected chi connectivity index (χ4v) is 4.58. The number of thiophene rings is 1. The standard InChI is InChI=1S/C19H24N2S/c1-2-4-18-13-19(6-5-17(18)3-1)21-10-8-20(9-11-21)14-16-7-12-22-15-16/h1-4,7,12,15,19H,5-6,8-11,13-14H2. The van der Waals surface area contributed by atoms with E-state index < -0.39 is 0 Å². The van der Waals surface area contributed by atoms with Crippen LogP contribution in [0.15, 0.2) is 41.1 Å². The molecule has 2 aliphatic rings. The molecule has 0 spiro atoms. The summed E-state index contributed by atoms with van der Waals surface area (Å²) < 4.78 is 0. The van der Waals surface area contributed by atoms with Gasteiger partial charge in [-0.15, -0.1) is 0 Å². The third-order valence-electron chi connectivity index (χ3n) is 5.23. The van der Waals surface area contributed by atoms with Crippen LogP contribution in [0.3, 0.4) is 0 Å². The van der Waals surface area contributed by atoms with Gasteiger partial charge in [0.05, 0.1) is 0 Å². The van der Waals surface area contributed by atoms with Gasteiger partial charge < -0.3 is 0 Å². The van der Waals surface area contributed by atoms with Crippen molar-refractivity contribution in [1.82, 2.24) is 9.80 Å². The van der Waals surface area contributed by atoms with Gasteiger partial charge in [0.15, 0.2) is 0 Å². The maximum Gasteiger partial charge on any atom is 0.0243 e. The first-order valence-corrected chi connectivity index (χ1v) is 9.37. The van der Waals surface area contributed by atoms with E-state index in [0.29, 0.717) is 0 Å². The second-order valence-electron chi connectivity index (χ2n) is 6.61. The molecule has 4 rings (SSSR count). The van der Waals surface area contributed by atoms with Gasteiger partial charge in [-0.1, -0.05) is 24.3 Å². The van der Waals surface area contributed by atoms with Crippen LogP contribution >= 0.6 is 11.3 Å². The molecule has 2 aromatic rings. The lowest BCUT2D eigenvalue weighted by atomic mass is 9.87. The van der Waals surface area contributed by atoms with E-state index in [-0.39, 0.29) is 0 Å². The number of fused-ring (bicyclic) bond motifs is 1. The Kier molecular flexibility index (Phi) is 4.28. The predicted octanol–water partition coefficient (Wildman–Crippen LogP) is 3.42. The minimum atomic E-state index is 0.762. The molecule has 0 bridgehead atoms. The molecule has 0 N–H and O–H groups in total. The van der Waals surface area contributed by atoms with Crippen molar-refractivity contribution < 1.29 is 0 Å². The minimum absolute atomic E-state index is 0.762. The van der Waals surface area contributed by atoms with Gasteiger partial charge in [0.2, 0.25) is 0 Å². The SMILES string of the molecule is c1ccc2c(c1)CCC(N1CCN(Cc3ccsc3)CC1)C2. The quantitative estimate of drug-likeness (QED) is 0.857. The fraction of sp³-hybridized carbons (Fsp3) is 0.474. The number of nitrogens with zero attached hydrogens (tertiary/aromatic N) is 2. The second kappa shape index (κ2) is 6.53. The molecule has 1 aliphatic carbocycles. The summed E-state index contributed by atoms with van der Waals surface area (Å²) in [6, 6.07) is 12.0. The number of rotatable bonds is 3. The molecule has 2 heterocycles. The molecule has 0 radical (unpaired) electrons. The van der Waals surface area contributed by atoms with Crippen molar-refractivity contribution in [3.05, 3.63) is 57.8 Å². The zero-order valence-corrected chi connectivity index (χ0v) is 13.9. The summed E-state index contributed by atoms with van der Waals surface area (Å²) in [5.74, 6) is 0. The van der Waals surface area contributed by atoms with Gasteiger partial charge in [-0.05, 0) is 52.8 Å². The van der Waals surface area contributed by atoms with E-state index in [4.69, 9.17) is 0 Å². The van der Waals surface area contributed by atoms with E-state index in [2.05, 4.69) is 50.9 Å². The summed E-state index contributed by atoms with van der Waals surface area (Å²) in [6.07, 6.45) is 3.85. The third-order valence-corrected chi connectivity index (χ3v) is 5.96. The molecular formula is C19H24N2S. The molecular weight excluding hydrogens is 288 g/mol. The molecule has 0 amide bonds. The average Bonchev–Trinajstić information content (AvgIpc) is 3.08. The number of aryl methyl sites for hydroxylation is 1. The van der Waals surface area contributed by atoms with Crippen LogP contribution in [0.5, 0.6) is 0 Å². The maximum atomic E-state index is 2.74. The molecule has 1 saturated heterocycles. The zero-order valence-electron chi connectivity index (χ0n) is 13.1. The van der Waals surface area contributed by atoms with Gasteiger partial charge in [0.1, 0.15) is 0 Å². The van der Waals surface area contributed by atoms with Gasteiger partial charge in [0, 0.05) is 38.8 Å². The van der Waals surface area contributed by atoms with Gasteiger partial charge in [-0.2, -0.15) is 11.3 Å². The summed E-state index contributed by atoms with van der Waals surface area (Å²) in [5, 5.41) is 4.47. The van der Waals surface area contributed by atoms with Crippen molar-refractivity contribution in [2.75, 3.05) is 26.2 Å². The fourth-order valence-electron chi connectivity index (χ4n) is 3.92. The Hall–Kier alpha value is -1.16. The van der Waals surface area contributed by atoms with E-state index >= 15 is 0 Å². The van der Waals surface area contributed by atoms with Crippen LogP contribution in [0.4, 0.5) is 0 Å². The number of hydrogen-bond donors (Lipinski definition) is 0. The normalized spacial score (nSPS) is 23.4. The van der Waals surface area contributed by atoms with E-state index in [1.165, 1.54) is 51.0 Å². The molecule has 1 atom stereocenters. The Bertz CT molecular complexity index is 600. The highest BCUT2D eigenvalue weighted by atomic mass is 32.1. The van der Waals surface area contributed by atoms with Crippen LogP contribution in [0, 0.1) is 0 Å². The first kappa shape index (κ1) is 14.4. The molecule has 1 aromatic carbocycles. The summed E-state index contributed by atoms with van der Waals surface area (Å²) in [5.41, 5.74) is 4.64. The lowest BCUT2D eigenvalue weighted by Crippen LogP contribution is -2.51. The molecule has 0 saturated carbocycles. The minimum Gasteiger partial charge on any atom is -0.298 e. The van der Waals surface area contributed by atoms with Crippen LogP contribution in [0.2, 0.25) is 0 Å². The van der Waals surface area contributed by atoms with Gasteiger partial charge in [-0.3, -0.25) is 9.80 Å². The van der Waals surface area contributed by atoms with Crippen LogP contribution in [0.1, 0.15) is 23.1 Å². The van der Waals surface area contributed by atoms with Crippen molar-refractivity contribution in [1.29, 1.82) is 0 Å². The van der Waals surface area contributed by atoms with Crippen molar-refractivity contribution in [2.24, 2.45) is 0 Å². The Morgan fingerprint density at radius 3 is 2.59 bits per heavy atom. The van der Waals surface area contributed by atoms with Crippen LogP contribution in [-0.2, 0) is 19.4 Å². The highest BCUT2D eigenvalue weighted by Crippen LogP contribution is 2.25. The van der Waals surface area contributed by atoms with E-state index in [9.17, 15) is 0 Å². The van der Waals surface area contributed by atoms with Crippen molar-refractivity contribution in [2.45, 2.75) is 31.8 Å². The largest absolute Gasteiger partial charge is 0.298 e. The summed E-state index contributed by atoms with van der Waals surface area (Å²) in [6.45, 7) is 6.03. The lowest BCUT2D eigenvalue weighted by Gasteiger charge is -2.41. The Balaban J connectivity index is 1.32. The van der Waals surface area contributed by atoms with E-state index in [1.54, 1.807) is 11.1 Å². The first-order valence-electron chi connectivity index (χ1n) is 8.43. The molecule has 1 aromatic heterocycles. The Morgan fingerprint density at radius 1 is 1.00 bits per heavy atom. The van der Waals surface area contributed by atoms with Crippen LogP contribution in [-0.4, -0.2) is 42.0 Å². The Labute approximate surface area is 137 Å². The number of piperazine rings is 1. The topological polar surface area (TPSA) is 6.48 Å². The van der Waals surface area contributed by atoms with E-state index in [1.807, 2.05) is 11.3 Å². The smallest absolute Gasteiger partial charge is 0.0243 e. The Morgan fingerprint density at radius 2 is 1.82 bits per heavy atom. The van der Waals surface area contributed by atoms with Gasteiger partial charge in [-0.25, -0.2) is 0 Å². The zero-order chi connectivity index (χ0) is 14.8. The van der Waals surface area contributed by atoms with Crippen molar-refractivity contribution >= 4 is 11.3 Å². The molecule has 2 nitrogen and oxygen atoms in total. The molecule has 3 heteroatoms. The van der Waals surface area contributed by atoms with Crippen LogP contribution in [0.25, 0.3) is 0 Å². The third kappa shape index (κ3) is 3.12. The van der Waals surface area contributed by atoms with Crippen molar-refractivity contribution in [3.8, 4) is 0 Å². The predicted molar refractivity (Wildman–Crippen MR) is 93.4 cm³/mol. The number of benzene rings is 1. The highest BCUT2D eigenvalue weighted by molar-refractivity contribution is 7.07. The molecule has 116 valence electrons. The monoisotopic (exact) mass is 312 g/mol. The van der Waals surface area contributed by atoms with Gasteiger partial charge >= 0.3 is 0 Å². The van der Waals surface area contributed by atoms with E-state index in [0.717, 1.165) is 12.6 Å². The second-order valence-corrected chi connectivity index (χ2v) is 7.39. The first-order chi connectivity index (χ1) is 10.9. The summed E-state index contributed by atoms with van der Waals surface area (Å²) in [4.78, 5) is 5.34. The summed E-state index contributed by atoms with van der Waals surface area (Å²) >= 11 is 1.81. The lowest BCUT2D eigenvalue weighted by molar-refractivity contribution is 0.0857. The number of hydrogen-bond acceptors (Lipinski definition) is 3. The highest BCUT2D eigenvalue weighted by Gasteiger charge is 2.27. The van der Waals surface area contributed by atoms with Crippen molar-refractivity contribution in [3.63, 3.8) is 0 Å². The molecule has 1 unspecified atom stereocenters. The molecule has 22 heavy (non-hydrogen) atoms. The van der Waals surface area contributed by atoms with Gasteiger partial charge in [0.25, 0.3) is 0 Å². The average molecular weight is 312 g/mol. The maximum absolute atomic E-state index is 2.74. The van der Waals surface area contributed by atoms with Crippen LogP contribution < -0.4 is 0 Å². The molecule has 1 fully saturated rings. The summed E-state index contributed by atoms with van der Waals surface area (Å²) in [7, 11) is 0.